The van der Waals surface area contributed by atoms with Crippen molar-refractivity contribution in [2.45, 2.75) is 34.0 Å². The maximum atomic E-state index is 11.7. The summed E-state index contributed by atoms with van der Waals surface area (Å²) < 4.78 is 27.5. The highest BCUT2D eigenvalue weighted by Crippen LogP contribution is 2.34. The van der Waals surface area contributed by atoms with Crippen molar-refractivity contribution in [2.24, 2.45) is 5.92 Å². The summed E-state index contributed by atoms with van der Waals surface area (Å²) in [6, 6.07) is 21.2. The van der Waals surface area contributed by atoms with E-state index in [0.29, 0.717) is 28.4 Å². The predicted molar refractivity (Wildman–Crippen MR) is 161 cm³/mol. The van der Waals surface area contributed by atoms with Gasteiger partial charge in [0.05, 0.1) is 0 Å². The van der Waals surface area contributed by atoms with E-state index in [0.717, 1.165) is 22.3 Å². The molecule has 3 rings (SSSR count). The second-order valence-corrected chi connectivity index (χ2v) is 10.0. The SMILES string of the molecule is C=C(C)C(=O)OCCOc1ccc(-c2ccc(-c3ccc(OC(O)C(C)C)cc3)cc2)cc1OCCOC(=O)C(=C)C. The maximum Gasteiger partial charge on any atom is 0.333 e. The Labute approximate surface area is 247 Å². The molecule has 1 unspecified atom stereocenters. The van der Waals surface area contributed by atoms with E-state index in [4.69, 9.17) is 23.7 Å². The molecule has 3 aromatic carbocycles. The number of hydrogen-bond acceptors (Lipinski definition) is 8. The summed E-state index contributed by atoms with van der Waals surface area (Å²) in [5.41, 5.74) is 4.50. The lowest BCUT2D eigenvalue weighted by Crippen LogP contribution is -2.21. The number of aliphatic hydroxyl groups is 1. The molecule has 0 aliphatic heterocycles. The summed E-state index contributed by atoms with van der Waals surface area (Å²) in [5, 5.41) is 9.95. The lowest BCUT2D eigenvalue weighted by Gasteiger charge is -2.16. The fourth-order valence-electron chi connectivity index (χ4n) is 3.59. The van der Waals surface area contributed by atoms with Crippen LogP contribution in [0.4, 0.5) is 0 Å². The number of aliphatic hydroxyl groups excluding tert-OH is 1. The number of esters is 2. The molecule has 0 bridgehead atoms. The summed E-state index contributed by atoms with van der Waals surface area (Å²) in [5.74, 6) is 0.538. The Hall–Kier alpha value is -4.56. The zero-order valence-electron chi connectivity index (χ0n) is 24.6. The molecule has 1 N–H and O–H groups in total. The van der Waals surface area contributed by atoms with Crippen LogP contribution in [0.5, 0.6) is 17.2 Å². The van der Waals surface area contributed by atoms with Crippen molar-refractivity contribution in [1.29, 1.82) is 0 Å². The predicted octanol–water partition coefficient (Wildman–Crippen LogP) is 6.37. The molecule has 0 saturated heterocycles. The number of carbonyl (C=O) groups excluding carboxylic acids is 2. The third-order valence-electron chi connectivity index (χ3n) is 6.02. The van der Waals surface area contributed by atoms with Crippen LogP contribution in [0.1, 0.15) is 27.7 Å². The highest BCUT2D eigenvalue weighted by Gasteiger charge is 2.12. The quantitative estimate of drug-likeness (QED) is 0.0967. The molecular formula is C34H38O8. The number of benzene rings is 3. The smallest absolute Gasteiger partial charge is 0.333 e. The molecule has 0 spiro atoms. The van der Waals surface area contributed by atoms with Crippen molar-refractivity contribution >= 4 is 11.9 Å². The van der Waals surface area contributed by atoms with Crippen LogP contribution in [-0.2, 0) is 19.1 Å². The lowest BCUT2D eigenvalue weighted by molar-refractivity contribution is -0.140. The molecule has 0 aromatic heterocycles. The molecule has 42 heavy (non-hydrogen) atoms. The van der Waals surface area contributed by atoms with Crippen LogP contribution < -0.4 is 14.2 Å². The third-order valence-corrected chi connectivity index (χ3v) is 6.02. The molecule has 222 valence electrons. The number of rotatable bonds is 15. The lowest BCUT2D eigenvalue weighted by atomic mass is 10.00. The van der Waals surface area contributed by atoms with Gasteiger partial charge in [-0.05, 0) is 60.4 Å². The van der Waals surface area contributed by atoms with Crippen LogP contribution in [0.25, 0.3) is 22.3 Å². The van der Waals surface area contributed by atoms with E-state index in [1.54, 1.807) is 19.9 Å². The van der Waals surface area contributed by atoms with Crippen molar-refractivity contribution in [2.75, 3.05) is 26.4 Å². The molecule has 8 nitrogen and oxygen atoms in total. The Kier molecular flexibility index (Phi) is 11.8. The summed E-state index contributed by atoms with van der Waals surface area (Å²) in [7, 11) is 0. The van der Waals surface area contributed by atoms with Gasteiger partial charge in [-0.1, -0.05) is 69.5 Å². The van der Waals surface area contributed by atoms with E-state index < -0.39 is 18.2 Å². The molecule has 1 atom stereocenters. The molecule has 0 heterocycles. The molecule has 0 saturated carbocycles. The molecule has 8 heteroatoms. The van der Waals surface area contributed by atoms with Crippen LogP contribution in [-0.4, -0.2) is 49.8 Å². The maximum absolute atomic E-state index is 11.7. The van der Waals surface area contributed by atoms with Crippen molar-refractivity contribution in [1.82, 2.24) is 0 Å². The summed E-state index contributed by atoms with van der Waals surface area (Å²) in [6.45, 7) is 14.4. The van der Waals surface area contributed by atoms with Crippen molar-refractivity contribution < 1.29 is 38.4 Å². The zero-order chi connectivity index (χ0) is 30.6. The Bertz CT molecular complexity index is 1370. The largest absolute Gasteiger partial charge is 0.486 e. The van der Waals surface area contributed by atoms with Gasteiger partial charge in [-0.2, -0.15) is 0 Å². The minimum Gasteiger partial charge on any atom is -0.486 e. The molecule has 0 amide bonds. The molecular weight excluding hydrogens is 536 g/mol. The van der Waals surface area contributed by atoms with E-state index in [-0.39, 0.29) is 32.3 Å². The van der Waals surface area contributed by atoms with Crippen LogP contribution in [0.2, 0.25) is 0 Å². The number of carbonyl (C=O) groups is 2. The molecule has 0 aliphatic rings. The second kappa shape index (κ2) is 15.4. The van der Waals surface area contributed by atoms with Gasteiger partial charge in [0, 0.05) is 17.1 Å². The van der Waals surface area contributed by atoms with Crippen molar-refractivity contribution in [3.8, 4) is 39.5 Å². The second-order valence-electron chi connectivity index (χ2n) is 10.0. The van der Waals surface area contributed by atoms with Crippen molar-refractivity contribution in [3.05, 3.63) is 91.0 Å². The van der Waals surface area contributed by atoms with E-state index in [2.05, 4.69) is 13.2 Å². The first-order chi connectivity index (χ1) is 20.0. The van der Waals surface area contributed by atoms with Gasteiger partial charge in [-0.15, -0.1) is 0 Å². The summed E-state index contributed by atoms with van der Waals surface area (Å²) in [6.07, 6.45) is -0.855. The highest BCUT2D eigenvalue weighted by atomic mass is 16.6. The standard InChI is InChI=1S/C34H38O8/c1-22(2)32(35)40-19-17-38-30-16-13-28(21-31(30)39-18-20-41-33(36)23(3)4)27-9-7-25(8-10-27)26-11-14-29(15-12-26)42-34(37)24(5)6/h7-16,21,24,34,37H,1,3,17-20H2,2,4-6H3. The van der Waals surface area contributed by atoms with E-state index >= 15 is 0 Å². The van der Waals surface area contributed by atoms with Crippen molar-refractivity contribution in [3.63, 3.8) is 0 Å². The fraction of sp³-hybridized carbons (Fsp3) is 0.294. The fourth-order valence-corrected chi connectivity index (χ4v) is 3.59. The highest BCUT2D eigenvalue weighted by molar-refractivity contribution is 5.87. The van der Waals surface area contributed by atoms with Gasteiger partial charge in [-0.3, -0.25) is 0 Å². The Balaban J connectivity index is 1.72. The van der Waals surface area contributed by atoms with Crippen LogP contribution in [0.15, 0.2) is 91.0 Å². The van der Waals surface area contributed by atoms with Gasteiger partial charge in [0.2, 0.25) is 0 Å². The normalized spacial score (nSPS) is 11.4. The van der Waals surface area contributed by atoms with Gasteiger partial charge in [0.25, 0.3) is 0 Å². The van der Waals surface area contributed by atoms with Gasteiger partial charge >= 0.3 is 11.9 Å². The minimum atomic E-state index is -0.855. The van der Waals surface area contributed by atoms with E-state index in [1.165, 1.54) is 0 Å². The number of hydrogen-bond donors (Lipinski definition) is 1. The minimum absolute atomic E-state index is 0.00539. The molecule has 0 radical (unpaired) electrons. The first kappa shape index (κ1) is 32.0. The van der Waals surface area contributed by atoms with Gasteiger partial charge < -0.3 is 28.8 Å². The Morgan fingerprint density at radius 1 is 0.667 bits per heavy atom. The first-order valence-electron chi connectivity index (χ1n) is 13.7. The molecule has 0 fully saturated rings. The average molecular weight is 575 g/mol. The molecule has 0 aliphatic carbocycles. The van der Waals surface area contributed by atoms with Crippen LogP contribution in [0.3, 0.4) is 0 Å². The molecule has 3 aromatic rings. The van der Waals surface area contributed by atoms with E-state index in [9.17, 15) is 14.7 Å². The van der Waals surface area contributed by atoms with Gasteiger partial charge in [-0.25, -0.2) is 9.59 Å². The van der Waals surface area contributed by atoms with E-state index in [1.807, 2.05) is 74.5 Å². The summed E-state index contributed by atoms with van der Waals surface area (Å²) in [4.78, 5) is 23.3. The monoisotopic (exact) mass is 574 g/mol. The average Bonchev–Trinajstić information content (AvgIpc) is 2.98. The Morgan fingerprint density at radius 3 is 1.57 bits per heavy atom. The van der Waals surface area contributed by atoms with Crippen LogP contribution in [0, 0.1) is 5.92 Å². The van der Waals surface area contributed by atoms with Crippen LogP contribution >= 0.6 is 0 Å². The Morgan fingerprint density at radius 2 is 1.10 bits per heavy atom. The third kappa shape index (κ3) is 9.52. The van der Waals surface area contributed by atoms with Gasteiger partial charge in [0.15, 0.2) is 17.8 Å². The topological polar surface area (TPSA) is 101 Å². The van der Waals surface area contributed by atoms with Gasteiger partial charge in [0.1, 0.15) is 32.2 Å². The number of ether oxygens (including phenoxy) is 5. The zero-order valence-corrected chi connectivity index (χ0v) is 24.6. The summed E-state index contributed by atoms with van der Waals surface area (Å²) >= 11 is 0. The first-order valence-corrected chi connectivity index (χ1v) is 13.7.